The number of β-amino-alcohol motifs (C(OH)–C–C–N with tert-alkyl or cyclic N) is 1. The molecular formula is C14H25NO4. The molecule has 2 rings (SSSR count). The van der Waals surface area contributed by atoms with E-state index in [1.165, 1.54) is 0 Å². The van der Waals surface area contributed by atoms with Crippen LogP contribution in [0.4, 0.5) is 0 Å². The summed E-state index contributed by atoms with van der Waals surface area (Å²) in [6.07, 6.45) is 6.28. The molecule has 0 heterocycles. The lowest BCUT2D eigenvalue weighted by molar-refractivity contribution is -0.144. The highest BCUT2D eigenvalue weighted by Gasteiger charge is 2.39. The molecule has 2 aliphatic rings. The molecule has 0 unspecified atom stereocenters. The minimum absolute atomic E-state index is 0.112. The molecule has 0 aromatic heterocycles. The van der Waals surface area contributed by atoms with Crippen molar-refractivity contribution >= 4 is 5.97 Å². The van der Waals surface area contributed by atoms with Crippen LogP contribution in [0.25, 0.3) is 0 Å². The Kier molecular flexibility index (Phi) is 4.48. The number of hydrogen-bond donors (Lipinski definition) is 4. The average Bonchev–Trinajstić information content (AvgIpc) is 2.87. The molecule has 0 aliphatic heterocycles. The molecule has 2 saturated carbocycles. The highest BCUT2D eigenvalue weighted by Crippen LogP contribution is 2.34. The SMILES string of the molecule is O=C(O)C1CCC(O)(CNC2(CO)CCCC2)CC1. The van der Waals surface area contributed by atoms with Gasteiger partial charge in [0, 0.05) is 12.1 Å². The second kappa shape index (κ2) is 5.77. The fourth-order valence-corrected chi connectivity index (χ4v) is 3.37. The van der Waals surface area contributed by atoms with E-state index in [0.29, 0.717) is 32.2 Å². The molecule has 0 amide bonds. The number of carbonyl (C=O) groups is 1. The molecule has 0 radical (unpaired) electrons. The number of hydrogen-bond acceptors (Lipinski definition) is 4. The number of nitrogens with one attached hydrogen (secondary N) is 1. The van der Waals surface area contributed by atoms with Crippen molar-refractivity contribution in [3.05, 3.63) is 0 Å². The molecule has 2 aliphatic carbocycles. The zero-order chi connectivity index (χ0) is 13.9. The van der Waals surface area contributed by atoms with Gasteiger partial charge in [-0.1, -0.05) is 12.8 Å². The maximum absolute atomic E-state index is 10.9. The molecule has 0 aromatic rings. The van der Waals surface area contributed by atoms with Crippen molar-refractivity contribution < 1.29 is 20.1 Å². The third-order valence-electron chi connectivity index (χ3n) is 4.92. The molecule has 19 heavy (non-hydrogen) atoms. The predicted octanol–water partition coefficient (Wildman–Crippen LogP) is 0.887. The van der Waals surface area contributed by atoms with Gasteiger partial charge in [-0.2, -0.15) is 0 Å². The number of aliphatic carboxylic acids is 1. The van der Waals surface area contributed by atoms with Crippen LogP contribution in [-0.2, 0) is 4.79 Å². The number of rotatable bonds is 5. The van der Waals surface area contributed by atoms with E-state index in [1.807, 2.05) is 0 Å². The minimum Gasteiger partial charge on any atom is -0.481 e. The van der Waals surface area contributed by atoms with Gasteiger partial charge in [0.25, 0.3) is 0 Å². The van der Waals surface area contributed by atoms with Gasteiger partial charge in [-0.25, -0.2) is 0 Å². The van der Waals surface area contributed by atoms with Crippen molar-refractivity contribution in [1.29, 1.82) is 0 Å². The summed E-state index contributed by atoms with van der Waals surface area (Å²) in [5.41, 5.74) is -1.03. The van der Waals surface area contributed by atoms with Crippen LogP contribution in [-0.4, -0.2) is 45.6 Å². The third kappa shape index (κ3) is 3.46. The lowest BCUT2D eigenvalue weighted by Gasteiger charge is -2.38. The van der Waals surface area contributed by atoms with Gasteiger partial charge in [-0.05, 0) is 38.5 Å². The first kappa shape index (κ1) is 14.8. The Labute approximate surface area is 114 Å². The van der Waals surface area contributed by atoms with Crippen molar-refractivity contribution in [3.63, 3.8) is 0 Å². The summed E-state index contributed by atoms with van der Waals surface area (Å²) in [5, 5.41) is 32.3. The Morgan fingerprint density at radius 1 is 1.16 bits per heavy atom. The number of aliphatic hydroxyl groups excluding tert-OH is 1. The molecule has 0 aromatic carbocycles. The summed E-state index contributed by atoms with van der Waals surface area (Å²) in [4.78, 5) is 10.9. The maximum atomic E-state index is 10.9. The molecule has 0 spiro atoms. The summed E-state index contributed by atoms with van der Waals surface area (Å²) >= 11 is 0. The molecule has 0 saturated heterocycles. The second-order valence-corrected chi connectivity index (χ2v) is 6.34. The van der Waals surface area contributed by atoms with E-state index < -0.39 is 11.6 Å². The van der Waals surface area contributed by atoms with Gasteiger partial charge in [-0.3, -0.25) is 4.79 Å². The topological polar surface area (TPSA) is 89.8 Å². The molecule has 110 valence electrons. The Hall–Kier alpha value is -0.650. The molecule has 4 N–H and O–H groups in total. The maximum Gasteiger partial charge on any atom is 0.306 e. The van der Waals surface area contributed by atoms with Crippen molar-refractivity contribution in [3.8, 4) is 0 Å². The summed E-state index contributed by atoms with van der Waals surface area (Å²) in [6.45, 7) is 0.570. The largest absolute Gasteiger partial charge is 0.481 e. The smallest absolute Gasteiger partial charge is 0.306 e. The Morgan fingerprint density at radius 2 is 1.74 bits per heavy atom. The molecular weight excluding hydrogens is 246 g/mol. The number of carboxylic acids is 1. The monoisotopic (exact) mass is 271 g/mol. The van der Waals surface area contributed by atoms with Crippen molar-refractivity contribution in [2.45, 2.75) is 62.5 Å². The van der Waals surface area contributed by atoms with Crippen LogP contribution in [0.3, 0.4) is 0 Å². The van der Waals surface area contributed by atoms with Crippen molar-refractivity contribution in [2.24, 2.45) is 5.92 Å². The molecule has 5 nitrogen and oxygen atoms in total. The van der Waals surface area contributed by atoms with Gasteiger partial charge in [0.1, 0.15) is 0 Å². The van der Waals surface area contributed by atoms with Gasteiger partial charge >= 0.3 is 5.97 Å². The van der Waals surface area contributed by atoms with Crippen LogP contribution >= 0.6 is 0 Å². The van der Waals surface area contributed by atoms with Gasteiger partial charge in [0.2, 0.25) is 0 Å². The van der Waals surface area contributed by atoms with Crippen LogP contribution in [0.1, 0.15) is 51.4 Å². The summed E-state index contributed by atoms with van der Waals surface area (Å²) in [5.74, 6) is -1.06. The summed E-state index contributed by atoms with van der Waals surface area (Å²) < 4.78 is 0. The van der Waals surface area contributed by atoms with E-state index in [4.69, 9.17) is 5.11 Å². The highest BCUT2D eigenvalue weighted by molar-refractivity contribution is 5.70. The lowest BCUT2D eigenvalue weighted by Crippen LogP contribution is -2.54. The zero-order valence-corrected chi connectivity index (χ0v) is 11.4. The third-order valence-corrected chi connectivity index (χ3v) is 4.92. The van der Waals surface area contributed by atoms with Gasteiger partial charge in [0.15, 0.2) is 0 Å². The van der Waals surface area contributed by atoms with Crippen molar-refractivity contribution in [2.75, 3.05) is 13.2 Å². The van der Waals surface area contributed by atoms with Crippen LogP contribution < -0.4 is 5.32 Å². The molecule has 2 fully saturated rings. The van der Waals surface area contributed by atoms with Crippen molar-refractivity contribution in [1.82, 2.24) is 5.32 Å². The second-order valence-electron chi connectivity index (χ2n) is 6.34. The Morgan fingerprint density at radius 3 is 2.21 bits per heavy atom. The van der Waals surface area contributed by atoms with E-state index in [0.717, 1.165) is 25.7 Å². The van der Waals surface area contributed by atoms with Gasteiger partial charge in [0.05, 0.1) is 18.1 Å². The molecule has 0 bridgehead atoms. The number of aliphatic hydroxyl groups is 2. The number of carboxylic acid groups (broad SMARTS) is 1. The molecule has 0 atom stereocenters. The fourth-order valence-electron chi connectivity index (χ4n) is 3.37. The normalized spacial score (nSPS) is 34.3. The van der Waals surface area contributed by atoms with Gasteiger partial charge < -0.3 is 20.6 Å². The van der Waals surface area contributed by atoms with E-state index in [9.17, 15) is 15.0 Å². The van der Waals surface area contributed by atoms with Crippen LogP contribution in [0, 0.1) is 5.92 Å². The lowest BCUT2D eigenvalue weighted by atomic mass is 9.78. The quantitative estimate of drug-likeness (QED) is 0.596. The van der Waals surface area contributed by atoms with E-state index in [1.54, 1.807) is 0 Å². The molecule has 5 heteroatoms. The van der Waals surface area contributed by atoms with Gasteiger partial charge in [-0.15, -0.1) is 0 Å². The summed E-state index contributed by atoms with van der Waals surface area (Å²) in [6, 6.07) is 0. The Balaban J connectivity index is 1.84. The first-order valence-electron chi connectivity index (χ1n) is 7.30. The highest BCUT2D eigenvalue weighted by atomic mass is 16.4. The summed E-state index contributed by atoms with van der Waals surface area (Å²) in [7, 11) is 0. The van der Waals surface area contributed by atoms with E-state index in [2.05, 4.69) is 5.32 Å². The van der Waals surface area contributed by atoms with E-state index >= 15 is 0 Å². The Bertz CT molecular complexity index is 317. The van der Waals surface area contributed by atoms with Crippen LogP contribution in [0.15, 0.2) is 0 Å². The predicted molar refractivity (Wildman–Crippen MR) is 70.8 cm³/mol. The standard InChI is InChI=1S/C14H25NO4/c16-10-13(5-1-2-6-13)15-9-14(19)7-3-11(4-8-14)12(17)18/h11,15-16,19H,1-10H2,(H,17,18). The minimum atomic E-state index is -0.809. The zero-order valence-electron chi connectivity index (χ0n) is 11.4. The van der Waals surface area contributed by atoms with Crippen LogP contribution in [0.2, 0.25) is 0 Å². The fraction of sp³-hybridized carbons (Fsp3) is 0.929. The first-order chi connectivity index (χ1) is 8.99. The first-order valence-corrected chi connectivity index (χ1v) is 7.30. The average molecular weight is 271 g/mol. The van der Waals surface area contributed by atoms with E-state index in [-0.39, 0.29) is 18.1 Å². The van der Waals surface area contributed by atoms with Crippen LogP contribution in [0.5, 0.6) is 0 Å².